The van der Waals surface area contributed by atoms with Crippen LogP contribution in [0.2, 0.25) is 0 Å². The van der Waals surface area contributed by atoms with Crippen LogP contribution >= 0.6 is 11.3 Å². The summed E-state index contributed by atoms with van der Waals surface area (Å²) in [6.45, 7) is 7.99. The molecule has 1 atom stereocenters. The van der Waals surface area contributed by atoms with Crippen LogP contribution in [-0.2, 0) is 0 Å². The fraction of sp³-hybridized carbons (Fsp3) is 0.250. The van der Waals surface area contributed by atoms with Crippen molar-refractivity contribution in [3.8, 4) is 10.7 Å². The lowest BCUT2D eigenvalue weighted by Gasteiger charge is -2.17. The molecular weight excluding hydrogens is 330 g/mol. The van der Waals surface area contributed by atoms with E-state index in [9.17, 15) is 4.79 Å². The number of benzene rings is 1. The van der Waals surface area contributed by atoms with Gasteiger partial charge in [-0.25, -0.2) is 4.98 Å². The van der Waals surface area contributed by atoms with E-state index in [1.807, 2.05) is 32.0 Å². The van der Waals surface area contributed by atoms with E-state index in [-0.39, 0.29) is 11.9 Å². The molecule has 25 heavy (non-hydrogen) atoms. The van der Waals surface area contributed by atoms with E-state index >= 15 is 0 Å². The van der Waals surface area contributed by atoms with Gasteiger partial charge < -0.3 is 5.32 Å². The Morgan fingerprint density at radius 2 is 1.96 bits per heavy atom. The molecule has 0 aliphatic heterocycles. The van der Waals surface area contributed by atoms with Crippen molar-refractivity contribution in [3.05, 3.63) is 69.9 Å². The maximum absolute atomic E-state index is 12.7. The molecule has 0 spiro atoms. The first-order valence-corrected chi connectivity index (χ1v) is 9.04. The Morgan fingerprint density at radius 3 is 2.68 bits per heavy atom. The summed E-state index contributed by atoms with van der Waals surface area (Å²) in [6, 6.07) is 11.9. The van der Waals surface area contributed by atoms with Crippen molar-refractivity contribution < 1.29 is 4.79 Å². The van der Waals surface area contributed by atoms with E-state index in [2.05, 4.69) is 47.3 Å². The zero-order valence-electron chi connectivity index (χ0n) is 14.8. The van der Waals surface area contributed by atoms with Crippen molar-refractivity contribution in [1.29, 1.82) is 0 Å². The zero-order valence-corrected chi connectivity index (χ0v) is 15.6. The quantitative estimate of drug-likeness (QED) is 0.746. The van der Waals surface area contributed by atoms with Crippen molar-refractivity contribution >= 4 is 17.2 Å². The third kappa shape index (κ3) is 3.77. The zero-order chi connectivity index (χ0) is 18.0. The summed E-state index contributed by atoms with van der Waals surface area (Å²) in [6.07, 6.45) is 1.73. The molecule has 0 bridgehead atoms. The molecule has 2 heterocycles. The molecule has 4 nitrogen and oxygen atoms in total. The van der Waals surface area contributed by atoms with E-state index in [1.165, 1.54) is 22.5 Å². The summed E-state index contributed by atoms with van der Waals surface area (Å²) in [7, 11) is 0. The number of thiazole rings is 1. The Hall–Kier alpha value is -2.53. The first-order chi connectivity index (χ1) is 12.0. The Morgan fingerprint density at radius 1 is 1.16 bits per heavy atom. The Balaban J connectivity index is 1.82. The van der Waals surface area contributed by atoms with E-state index < -0.39 is 0 Å². The summed E-state index contributed by atoms with van der Waals surface area (Å²) in [5.41, 5.74) is 5.02. The molecule has 3 rings (SSSR count). The maximum Gasteiger partial charge on any atom is 0.263 e. The lowest BCUT2D eigenvalue weighted by Crippen LogP contribution is -2.27. The van der Waals surface area contributed by atoms with Crippen LogP contribution in [-0.4, -0.2) is 15.9 Å². The van der Waals surface area contributed by atoms with Crippen LogP contribution in [0.5, 0.6) is 0 Å². The smallest absolute Gasteiger partial charge is 0.263 e. The van der Waals surface area contributed by atoms with Gasteiger partial charge in [0, 0.05) is 6.20 Å². The number of aromatic nitrogens is 2. The van der Waals surface area contributed by atoms with Crippen LogP contribution in [0, 0.1) is 20.8 Å². The molecule has 0 saturated heterocycles. The van der Waals surface area contributed by atoms with Crippen LogP contribution in [0.4, 0.5) is 0 Å². The van der Waals surface area contributed by atoms with Crippen LogP contribution in [0.15, 0.2) is 42.6 Å². The van der Waals surface area contributed by atoms with Gasteiger partial charge in [0.2, 0.25) is 0 Å². The highest BCUT2D eigenvalue weighted by Gasteiger charge is 2.19. The molecule has 0 saturated carbocycles. The number of hydrogen-bond acceptors (Lipinski definition) is 4. The number of hydrogen-bond donors (Lipinski definition) is 1. The molecule has 1 amide bonds. The topological polar surface area (TPSA) is 54.9 Å². The SMILES string of the molecule is Cc1ccc(C)c(C(C)NC(=O)c2sc(-c3ccccn3)nc2C)c1. The van der Waals surface area contributed by atoms with Crippen molar-refractivity contribution in [1.82, 2.24) is 15.3 Å². The number of carbonyl (C=O) groups excluding carboxylic acids is 1. The molecule has 5 heteroatoms. The average Bonchev–Trinajstić information content (AvgIpc) is 2.99. The largest absolute Gasteiger partial charge is 0.345 e. The number of aryl methyl sites for hydroxylation is 3. The highest BCUT2D eigenvalue weighted by atomic mass is 32.1. The van der Waals surface area contributed by atoms with Gasteiger partial charge in [-0.3, -0.25) is 9.78 Å². The second-order valence-electron chi connectivity index (χ2n) is 6.20. The molecule has 1 N–H and O–H groups in total. The maximum atomic E-state index is 12.7. The molecule has 1 unspecified atom stereocenters. The molecule has 128 valence electrons. The van der Waals surface area contributed by atoms with E-state index in [0.717, 1.165) is 22.0 Å². The number of rotatable bonds is 4. The lowest BCUT2D eigenvalue weighted by atomic mass is 10.00. The molecule has 0 fully saturated rings. The average molecular weight is 351 g/mol. The van der Waals surface area contributed by atoms with Gasteiger partial charge in [-0.2, -0.15) is 0 Å². The Kier molecular flexibility index (Phi) is 4.95. The second-order valence-corrected chi connectivity index (χ2v) is 7.20. The van der Waals surface area contributed by atoms with Gasteiger partial charge in [0.05, 0.1) is 17.4 Å². The number of nitrogens with zero attached hydrogens (tertiary/aromatic N) is 2. The van der Waals surface area contributed by atoms with Crippen LogP contribution in [0.1, 0.15) is 45.0 Å². The van der Waals surface area contributed by atoms with Crippen LogP contribution in [0.3, 0.4) is 0 Å². The number of amides is 1. The summed E-state index contributed by atoms with van der Waals surface area (Å²) >= 11 is 1.38. The first-order valence-electron chi connectivity index (χ1n) is 8.22. The normalized spacial score (nSPS) is 12.0. The molecule has 3 aromatic rings. The third-order valence-corrected chi connectivity index (χ3v) is 5.31. The van der Waals surface area contributed by atoms with Gasteiger partial charge in [-0.15, -0.1) is 11.3 Å². The highest BCUT2D eigenvalue weighted by molar-refractivity contribution is 7.17. The van der Waals surface area contributed by atoms with Crippen LogP contribution in [0.25, 0.3) is 10.7 Å². The van der Waals surface area contributed by atoms with Gasteiger partial charge in [0.1, 0.15) is 9.88 Å². The minimum Gasteiger partial charge on any atom is -0.345 e. The van der Waals surface area contributed by atoms with Crippen molar-refractivity contribution in [2.24, 2.45) is 0 Å². The van der Waals surface area contributed by atoms with Gasteiger partial charge in [0.25, 0.3) is 5.91 Å². The first kappa shape index (κ1) is 17.3. The molecule has 2 aromatic heterocycles. The van der Waals surface area contributed by atoms with Crippen LogP contribution < -0.4 is 5.32 Å². The van der Waals surface area contributed by atoms with Gasteiger partial charge in [-0.05, 0) is 51.0 Å². The molecule has 1 aromatic carbocycles. The van der Waals surface area contributed by atoms with E-state index in [4.69, 9.17) is 0 Å². The fourth-order valence-corrected chi connectivity index (χ4v) is 3.72. The Labute approximate surface area is 152 Å². The molecule has 0 aliphatic rings. The fourth-order valence-electron chi connectivity index (χ4n) is 2.77. The van der Waals surface area contributed by atoms with E-state index in [0.29, 0.717) is 4.88 Å². The number of carbonyl (C=O) groups is 1. The minimum atomic E-state index is -0.0920. The highest BCUT2D eigenvalue weighted by Crippen LogP contribution is 2.27. The Bertz CT molecular complexity index is 903. The van der Waals surface area contributed by atoms with Gasteiger partial charge in [-0.1, -0.05) is 29.8 Å². The second kappa shape index (κ2) is 7.15. The van der Waals surface area contributed by atoms with Crippen molar-refractivity contribution in [2.75, 3.05) is 0 Å². The molecule has 0 aliphatic carbocycles. The predicted octanol–water partition coefficient (Wildman–Crippen LogP) is 4.62. The third-order valence-electron chi connectivity index (χ3n) is 4.14. The summed E-state index contributed by atoms with van der Waals surface area (Å²) in [4.78, 5) is 22.2. The minimum absolute atomic E-state index is 0.0628. The van der Waals surface area contributed by atoms with Gasteiger partial charge >= 0.3 is 0 Å². The molecular formula is C20H21N3OS. The van der Waals surface area contributed by atoms with Crippen molar-refractivity contribution in [2.45, 2.75) is 33.7 Å². The number of nitrogens with one attached hydrogen (secondary N) is 1. The standard InChI is InChI=1S/C20H21N3OS/c1-12-8-9-13(2)16(11-12)14(3)22-19(24)18-15(4)23-20(25-18)17-7-5-6-10-21-17/h5-11,14H,1-4H3,(H,22,24). The summed E-state index contributed by atoms with van der Waals surface area (Å²) < 4.78 is 0. The number of pyridine rings is 1. The van der Waals surface area contributed by atoms with Gasteiger partial charge in [0.15, 0.2) is 0 Å². The van der Waals surface area contributed by atoms with Crippen molar-refractivity contribution in [3.63, 3.8) is 0 Å². The monoisotopic (exact) mass is 351 g/mol. The lowest BCUT2D eigenvalue weighted by molar-refractivity contribution is 0.0943. The predicted molar refractivity (Wildman–Crippen MR) is 102 cm³/mol. The molecule has 0 radical (unpaired) electrons. The van der Waals surface area contributed by atoms with E-state index in [1.54, 1.807) is 6.20 Å². The summed E-state index contributed by atoms with van der Waals surface area (Å²) in [5.74, 6) is -0.0920. The summed E-state index contributed by atoms with van der Waals surface area (Å²) in [5, 5.41) is 3.86.